The molecule has 0 aliphatic carbocycles. The molecule has 0 fully saturated rings. The smallest absolute Gasteiger partial charge is 0.279 e. The number of aromatic nitrogens is 2. The zero-order valence-corrected chi connectivity index (χ0v) is 13.3. The number of amides is 1. The molecular formula is C13H21ClN6O. The number of carbonyl (C=O) groups is 1. The summed E-state index contributed by atoms with van der Waals surface area (Å²) < 4.78 is 0. The lowest BCUT2D eigenvalue weighted by atomic mass is 10.3. The number of halogens is 1. The Morgan fingerprint density at radius 1 is 1.33 bits per heavy atom. The summed E-state index contributed by atoms with van der Waals surface area (Å²) in [5.41, 5.74) is 5.74. The third-order valence-corrected chi connectivity index (χ3v) is 2.92. The molecule has 4 N–H and O–H groups in total. The number of anilines is 2. The SMILES string of the molecule is CCCN(CCC)c1nc(N)c(C(=O)NC(C)=N)nc1Cl. The van der Waals surface area contributed by atoms with E-state index < -0.39 is 5.91 Å². The van der Waals surface area contributed by atoms with E-state index in [9.17, 15) is 4.79 Å². The number of nitrogens with zero attached hydrogens (tertiary/aromatic N) is 3. The van der Waals surface area contributed by atoms with Crippen LogP contribution in [-0.2, 0) is 0 Å². The first kappa shape index (κ1) is 17.2. The zero-order valence-electron chi connectivity index (χ0n) is 12.5. The molecule has 1 heterocycles. The van der Waals surface area contributed by atoms with E-state index in [1.165, 1.54) is 6.92 Å². The minimum atomic E-state index is -0.585. The van der Waals surface area contributed by atoms with Gasteiger partial charge in [-0.05, 0) is 19.8 Å². The molecule has 0 saturated heterocycles. The van der Waals surface area contributed by atoms with E-state index >= 15 is 0 Å². The van der Waals surface area contributed by atoms with Crippen molar-refractivity contribution in [3.05, 3.63) is 10.8 Å². The number of nitrogen functional groups attached to an aromatic ring is 1. The molecule has 0 radical (unpaired) electrons. The summed E-state index contributed by atoms with van der Waals surface area (Å²) >= 11 is 6.14. The molecule has 1 amide bonds. The number of rotatable bonds is 6. The molecule has 0 atom stereocenters. The number of hydrogen-bond acceptors (Lipinski definition) is 6. The van der Waals surface area contributed by atoms with Crippen LogP contribution in [0.15, 0.2) is 0 Å². The highest BCUT2D eigenvalue weighted by Gasteiger charge is 2.20. The molecule has 0 bridgehead atoms. The molecule has 1 aromatic heterocycles. The van der Waals surface area contributed by atoms with Crippen molar-refractivity contribution in [2.75, 3.05) is 23.7 Å². The van der Waals surface area contributed by atoms with Crippen LogP contribution in [-0.4, -0.2) is 34.8 Å². The normalized spacial score (nSPS) is 10.3. The number of amidine groups is 1. The van der Waals surface area contributed by atoms with Gasteiger partial charge in [0.2, 0.25) is 0 Å². The van der Waals surface area contributed by atoms with Crippen LogP contribution < -0.4 is 16.0 Å². The van der Waals surface area contributed by atoms with Gasteiger partial charge in [0.05, 0.1) is 5.84 Å². The van der Waals surface area contributed by atoms with Crippen LogP contribution in [0.3, 0.4) is 0 Å². The van der Waals surface area contributed by atoms with Gasteiger partial charge < -0.3 is 16.0 Å². The van der Waals surface area contributed by atoms with E-state index in [-0.39, 0.29) is 22.5 Å². The predicted molar refractivity (Wildman–Crippen MR) is 85.1 cm³/mol. The fraction of sp³-hybridized carbons (Fsp3) is 0.538. The van der Waals surface area contributed by atoms with Crippen molar-refractivity contribution >= 4 is 35.0 Å². The number of carbonyl (C=O) groups excluding carboxylic acids is 1. The highest BCUT2D eigenvalue weighted by Crippen LogP contribution is 2.24. The highest BCUT2D eigenvalue weighted by molar-refractivity contribution is 6.32. The van der Waals surface area contributed by atoms with Crippen molar-refractivity contribution in [1.29, 1.82) is 5.41 Å². The quantitative estimate of drug-likeness (QED) is 0.550. The Bertz CT molecular complexity index is 528. The lowest BCUT2D eigenvalue weighted by Crippen LogP contribution is -2.31. The molecule has 0 aliphatic rings. The topological polar surface area (TPSA) is 108 Å². The van der Waals surface area contributed by atoms with Crippen molar-refractivity contribution in [2.24, 2.45) is 0 Å². The predicted octanol–water partition coefficient (Wildman–Crippen LogP) is 2.07. The summed E-state index contributed by atoms with van der Waals surface area (Å²) in [5, 5.41) is 9.71. The van der Waals surface area contributed by atoms with Gasteiger partial charge >= 0.3 is 0 Å². The van der Waals surface area contributed by atoms with Gasteiger partial charge in [-0.3, -0.25) is 10.2 Å². The second-order valence-corrected chi connectivity index (χ2v) is 5.00. The van der Waals surface area contributed by atoms with E-state index in [0.29, 0.717) is 5.82 Å². The fourth-order valence-electron chi connectivity index (χ4n) is 1.88. The monoisotopic (exact) mass is 312 g/mol. The van der Waals surface area contributed by atoms with E-state index in [1.54, 1.807) is 0 Å². The Hall–Kier alpha value is -1.89. The summed E-state index contributed by atoms with van der Waals surface area (Å²) in [4.78, 5) is 22.1. The second kappa shape index (κ2) is 7.78. The summed E-state index contributed by atoms with van der Waals surface area (Å²) in [6.07, 6.45) is 1.88. The lowest BCUT2D eigenvalue weighted by Gasteiger charge is -2.23. The standard InChI is InChI=1S/C13H21ClN6O/c1-4-6-20(7-5-2)12-10(14)18-9(11(16)19-12)13(21)17-8(3)15/h4-7H2,1-3H3,(H2,16,19)(H2,15,17,21). The van der Waals surface area contributed by atoms with Crippen molar-refractivity contribution < 1.29 is 4.79 Å². The largest absolute Gasteiger partial charge is 0.382 e. The van der Waals surface area contributed by atoms with Crippen molar-refractivity contribution in [3.8, 4) is 0 Å². The van der Waals surface area contributed by atoms with E-state index in [1.807, 2.05) is 4.90 Å². The highest BCUT2D eigenvalue weighted by atomic mass is 35.5. The summed E-state index contributed by atoms with van der Waals surface area (Å²) in [7, 11) is 0. The van der Waals surface area contributed by atoms with Gasteiger partial charge in [0.15, 0.2) is 22.5 Å². The van der Waals surface area contributed by atoms with Crippen molar-refractivity contribution in [1.82, 2.24) is 15.3 Å². The summed E-state index contributed by atoms with van der Waals surface area (Å²) in [6.45, 7) is 7.13. The third-order valence-electron chi connectivity index (χ3n) is 2.67. The Labute approximate surface area is 129 Å². The van der Waals surface area contributed by atoms with Crippen LogP contribution in [0.1, 0.15) is 44.1 Å². The number of hydrogen-bond donors (Lipinski definition) is 3. The minimum Gasteiger partial charge on any atom is -0.382 e. The first-order chi connectivity index (χ1) is 9.90. The zero-order chi connectivity index (χ0) is 16.0. The maximum atomic E-state index is 11.9. The van der Waals surface area contributed by atoms with Crippen LogP contribution in [0.4, 0.5) is 11.6 Å². The van der Waals surface area contributed by atoms with Crippen LogP contribution >= 0.6 is 11.6 Å². The molecule has 7 nitrogen and oxygen atoms in total. The Balaban J connectivity index is 3.13. The van der Waals surface area contributed by atoms with Crippen LogP contribution in [0.5, 0.6) is 0 Å². The molecule has 1 rings (SSSR count). The lowest BCUT2D eigenvalue weighted by molar-refractivity contribution is 0.0972. The van der Waals surface area contributed by atoms with E-state index in [0.717, 1.165) is 25.9 Å². The molecule has 1 aromatic rings. The molecule has 0 spiro atoms. The molecule has 0 unspecified atom stereocenters. The van der Waals surface area contributed by atoms with Gasteiger partial charge in [-0.1, -0.05) is 25.4 Å². The van der Waals surface area contributed by atoms with Gasteiger partial charge in [-0.15, -0.1) is 0 Å². The second-order valence-electron chi connectivity index (χ2n) is 4.64. The molecular weight excluding hydrogens is 292 g/mol. The summed E-state index contributed by atoms with van der Waals surface area (Å²) in [6, 6.07) is 0. The third kappa shape index (κ3) is 4.56. The van der Waals surface area contributed by atoms with Gasteiger partial charge in [0.25, 0.3) is 5.91 Å². The van der Waals surface area contributed by atoms with Crippen LogP contribution in [0.25, 0.3) is 0 Å². The average Bonchev–Trinajstić information content (AvgIpc) is 2.40. The molecule has 0 aromatic carbocycles. The van der Waals surface area contributed by atoms with Gasteiger partial charge in [0, 0.05) is 13.1 Å². The summed E-state index contributed by atoms with van der Waals surface area (Å²) in [5.74, 6) is -0.0928. The van der Waals surface area contributed by atoms with Crippen molar-refractivity contribution in [2.45, 2.75) is 33.6 Å². The molecule has 0 saturated carbocycles. The maximum absolute atomic E-state index is 11.9. The first-order valence-corrected chi connectivity index (χ1v) is 7.22. The number of nitrogens with two attached hydrogens (primary N) is 1. The Morgan fingerprint density at radius 2 is 1.90 bits per heavy atom. The molecule has 116 valence electrons. The van der Waals surface area contributed by atoms with E-state index in [4.69, 9.17) is 22.7 Å². The Kier molecular flexibility index (Phi) is 6.36. The van der Waals surface area contributed by atoms with E-state index in [2.05, 4.69) is 29.1 Å². The van der Waals surface area contributed by atoms with Gasteiger partial charge in [-0.25, -0.2) is 9.97 Å². The minimum absolute atomic E-state index is 0.00000789. The van der Waals surface area contributed by atoms with Gasteiger partial charge in [0.1, 0.15) is 0 Å². The fourth-order valence-corrected chi connectivity index (χ4v) is 2.13. The van der Waals surface area contributed by atoms with Gasteiger partial charge in [-0.2, -0.15) is 0 Å². The maximum Gasteiger partial charge on any atom is 0.279 e. The number of nitrogens with one attached hydrogen (secondary N) is 2. The van der Waals surface area contributed by atoms with Crippen molar-refractivity contribution in [3.63, 3.8) is 0 Å². The average molecular weight is 313 g/mol. The molecule has 8 heteroatoms. The van der Waals surface area contributed by atoms with Crippen LogP contribution in [0.2, 0.25) is 5.15 Å². The molecule has 21 heavy (non-hydrogen) atoms. The van der Waals surface area contributed by atoms with Crippen LogP contribution in [0, 0.1) is 5.41 Å². The Morgan fingerprint density at radius 3 is 2.38 bits per heavy atom. The first-order valence-electron chi connectivity index (χ1n) is 6.85. The molecule has 0 aliphatic heterocycles.